The van der Waals surface area contributed by atoms with Crippen molar-refractivity contribution in [1.82, 2.24) is 38.8 Å². The van der Waals surface area contributed by atoms with Gasteiger partial charge in [0.05, 0.1) is 24.7 Å². The molecule has 3 N–H and O–H groups in total. The number of ether oxygens (including phenoxy) is 1. The Bertz CT molecular complexity index is 2150. The van der Waals surface area contributed by atoms with Gasteiger partial charge in [-0.3, -0.25) is 9.69 Å². The molecule has 2 aliphatic rings. The molecule has 0 atom stereocenters. The molecule has 1 aliphatic carbocycles. The number of para-hydroxylation sites is 1. The van der Waals surface area contributed by atoms with Crippen LogP contribution in [0.1, 0.15) is 60.8 Å². The third-order valence-electron chi connectivity index (χ3n) is 10.3. The van der Waals surface area contributed by atoms with Crippen LogP contribution in [-0.4, -0.2) is 64.4 Å². The molecule has 2 aromatic carbocycles. The molecule has 4 aromatic heterocycles. The summed E-state index contributed by atoms with van der Waals surface area (Å²) >= 11 is 0. The number of hydrogen-bond acceptors (Lipinski definition) is 8. The van der Waals surface area contributed by atoms with Gasteiger partial charge in [-0.25, -0.2) is 9.97 Å². The number of nitrogen functional groups attached to an aromatic ring is 1. The molecule has 0 spiro atoms. The van der Waals surface area contributed by atoms with Crippen LogP contribution in [0.3, 0.4) is 0 Å². The van der Waals surface area contributed by atoms with Crippen molar-refractivity contribution in [2.45, 2.75) is 64.2 Å². The van der Waals surface area contributed by atoms with Gasteiger partial charge < -0.3 is 29.5 Å². The normalized spacial score (nSPS) is 18.3. The summed E-state index contributed by atoms with van der Waals surface area (Å²) in [6.45, 7) is 5.00. The molecule has 6 aromatic rings. The Morgan fingerprint density at radius 1 is 1.02 bits per heavy atom. The molecule has 246 valence electrons. The fourth-order valence-electron chi connectivity index (χ4n) is 7.77. The highest BCUT2D eigenvalue weighted by Gasteiger charge is 2.31. The average Bonchev–Trinajstić information content (AvgIpc) is 3.82. The minimum atomic E-state index is -0.207. The van der Waals surface area contributed by atoms with Gasteiger partial charge in [0.1, 0.15) is 40.9 Å². The fourth-order valence-corrected chi connectivity index (χ4v) is 7.77. The maximum atomic E-state index is 13.4. The van der Waals surface area contributed by atoms with Crippen LogP contribution in [-0.2, 0) is 26.6 Å². The van der Waals surface area contributed by atoms with Crippen LogP contribution in [0.15, 0.2) is 61.1 Å². The van der Waals surface area contributed by atoms with Gasteiger partial charge in [0.15, 0.2) is 0 Å². The highest BCUT2D eigenvalue weighted by Crippen LogP contribution is 2.41. The quantitative estimate of drug-likeness (QED) is 0.230. The number of carbonyl (C=O) groups excluding carboxylic acids is 1. The predicted molar refractivity (Wildman–Crippen MR) is 186 cm³/mol. The number of amides is 1. The molecule has 1 saturated carbocycles. The molecule has 12 heteroatoms. The van der Waals surface area contributed by atoms with Gasteiger partial charge in [-0.15, -0.1) is 10.2 Å². The lowest BCUT2D eigenvalue weighted by molar-refractivity contribution is 0.101. The lowest BCUT2D eigenvalue weighted by Gasteiger charge is -2.39. The largest absolute Gasteiger partial charge is 0.495 e. The van der Waals surface area contributed by atoms with E-state index in [1.54, 1.807) is 13.4 Å². The number of fused-ring (bicyclic) bond motifs is 3. The molecule has 1 amide bonds. The molecule has 5 heterocycles. The van der Waals surface area contributed by atoms with Crippen LogP contribution in [0.2, 0.25) is 0 Å². The van der Waals surface area contributed by atoms with Crippen LogP contribution >= 0.6 is 0 Å². The van der Waals surface area contributed by atoms with Crippen LogP contribution < -0.4 is 15.8 Å². The minimum Gasteiger partial charge on any atom is -0.495 e. The first-order valence-electron chi connectivity index (χ1n) is 16.7. The summed E-state index contributed by atoms with van der Waals surface area (Å²) in [6.07, 6.45) is 8.93. The lowest BCUT2D eigenvalue weighted by Crippen LogP contribution is -2.43. The number of nitrogens with two attached hydrogens (primary N) is 1. The number of benzene rings is 2. The predicted octanol–water partition coefficient (Wildman–Crippen LogP) is 5.59. The zero-order chi connectivity index (χ0) is 32.9. The number of methoxy groups -OCH3 is 1. The van der Waals surface area contributed by atoms with Gasteiger partial charge in [-0.2, -0.15) is 0 Å². The van der Waals surface area contributed by atoms with Crippen molar-refractivity contribution in [2.24, 2.45) is 7.05 Å². The standard InChI is InChI=1S/C36H40N10O2/c1-4-31-41-42-32-20-44(15-16-45(31)32)24-10-12-25(13-11-24)46-19-26(33-34(37)38-21-39-35(33)46)22-9-14-27(30(18-22)48-3)40-36(47)29-17-23-7-5-6-8-28(23)43(29)2/h5-9,14,17-19,21,24-25H,4,10-13,15-16,20H2,1-3H3,(H,40,47)(H2,37,38,39)/t24-,25-. The topological polar surface area (TPSA) is 134 Å². The Kier molecular flexibility index (Phi) is 7.59. The summed E-state index contributed by atoms with van der Waals surface area (Å²) in [5.41, 5.74) is 11.4. The molecule has 12 nitrogen and oxygen atoms in total. The van der Waals surface area contributed by atoms with Crippen molar-refractivity contribution in [3.05, 3.63) is 78.4 Å². The molecule has 48 heavy (non-hydrogen) atoms. The number of nitrogens with one attached hydrogen (secondary N) is 1. The molecule has 0 bridgehead atoms. The van der Waals surface area contributed by atoms with E-state index in [9.17, 15) is 4.79 Å². The number of aromatic nitrogens is 7. The van der Waals surface area contributed by atoms with Gasteiger partial charge in [0.25, 0.3) is 5.91 Å². The van der Waals surface area contributed by atoms with Gasteiger partial charge in [-0.1, -0.05) is 31.2 Å². The maximum Gasteiger partial charge on any atom is 0.272 e. The molecule has 8 rings (SSSR count). The van der Waals surface area contributed by atoms with E-state index in [1.807, 2.05) is 60.1 Å². The Hall–Kier alpha value is -5.23. The molecule has 0 radical (unpaired) electrons. The van der Waals surface area contributed by atoms with E-state index in [1.165, 1.54) is 0 Å². The number of rotatable bonds is 7. The van der Waals surface area contributed by atoms with E-state index < -0.39 is 0 Å². The van der Waals surface area contributed by atoms with Crippen LogP contribution in [0.4, 0.5) is 11.5 Å². The Morgan fingerprint density at radius 3 is 2.62 bits per heavy atom. The summed E-state index contributed by atoms with van der Waals surface area (Å²) in [4.78, 5) is 25.0. The minimum absolute atomic E-state index is 0.207. The SMILES string of the molecule is CCc1nnc2n1CCN([C@H]1CC[C@H](n3cc(-c4ccc(NC(=O)c5cc6ccccc6n5C)c(OC)c4)c4c(N)ncnc43)CC1)C2. The second-order valence-corrected chi connectivity index (χ2v) is 12.9. The first-order chi connectivity index (χ1) is 23.4. The van der Waals surface area contributed by atoms with E-state index in [0.29, 0.717) is 35.0 Å². The Labute approximate surface area is 278 Å². The van der Waals surface area contributed by atoms with Gasteiger partial charge in [0, 0.05) is 61.3 Å². The number of carbonyl (C=O) groups is 1. The van der Waals surface area contributed by atoms with Crippen molar-refractivity contribution >= 4 is 39.3 Å². The molecule has 0 unspecified atom stereocenters. The highest BCUT2D eigenvalue weighted by atomic mass is 16.5. The third kappa shape index (κ3) is 5.07. The molecular formula is C36H40N10O2. The van der Waals surface area contributed by atoms with Gasteiger partial charge in [0.2, 0.25) is 0 Å². The summed E-state index contributed by atoms with van der Waals surface area (Å²) in [5, 5.41) is 13.8. The Morgan fingerprint density at radius 2 is 1.83 bits per heavy atom. The van der Waals surface area contributed by atoms with Crippen molar-refractivity contribution in [2.75, 3.05) is 24.7 Å². The highest BCUT2D eigenvalue weighted by molar-refractivity contribution is 6.07. The number of nitrogens with zero attached hydrogens (tertiary/aromatic N) is 8. The van der Waals surface area contributed by atoms with Gasteiger partial charge in [-0.05, 0) is 55.5 Å². The van der Waals surface area contributed by atoms with Crippen molar-refractivity contribution in [3.63, 3.8) is 0 Å². The van der Waals surface area contributed by atoms with Crippen LogP contribution in [0.5, 0.6) is 5.75 Å². The number of hydrogen-bond donors (Lipinski definition) is 2. The number of anilines is 2. The maximum absolute atomic E-state index is 13.4. The molecule has 1 aliphatic heterocycles. The smallest absolute Gasteiger partial charge is 0.272 e. The second kappa shape index (κ2) is 12.1. The Balaban J connectivity index is 1.04. The van der Waals surface area contributed by atoms with Gasteiger partial charge >= 0.3 is 0 Å². The van der Waals surface area contributed by atoms with Crippen LogP contribution in [0.25, 0.3) is 33.1 Å². The van der Waals surface area contributed by atoms with E-state index >= 15 is 0 Å². The summed E-state index contributed by atoms with van der Waals surface area (Å²) in [5.74, 6) is 2.96. The van der Waals surface area contributed by atoms with Crippen LogP contribution in [0, 0.1) is 0 Å². The van der Waals surface area contributed by atoms with Crippen molar-refractivity contribution in [1.29, 1.82) is 0 Å². The summed E-state index contributed by atoms with van der Waals surface area (Å²) in [7, 11) is 3.51. The molecular weight excluding hydrogens is 604 g/mol. The molecule has 0 saturated heterocycles. The zero-order valence-electron chi connectivity index (χ0n) is 27.6. The fraction of sp³-hybridized carbons (Fsp3) is 0.361. The van der Waals surface area contributed by atoms with Crippen molar-refractivity contribution < 1.29 is 9.53 Å². The first-order valence-corrected chi connectivity index (χ1v) is 16.7. The summed E-state index contributed by atoms with van der Waals surface area (Å²) in [6, 6.07) is 16.5. The van der Waals surface area contributed by atoms with E-state index in [4.69, 9.17) is 15.5 Å². The van der Waals surface area contributed by atoms with Crippen molar-refractivity contribution in [3.8, 4) is 16.9 Å². The van der Waals surface area contributed by atoms with E-state index in [2.05, 4.69) is 47.7 Å². The average molecular weight is 645 g/mol. The summed E-state index contributed by atoms with van der Waals surface area (Å²) < 4.78 is 12.3. The van der Waals surface area contributed by atoms with E-state index in [-0.39, 0.29) is 5.91 Å². The second-order valence-electron chi connectivity index (χ2n) is 12.9. The number of aryl methyl sites for hydroxylation is 2. The lowest BCUT2D eigenvalue weighted by atomic mass is 9.89. The van der Waals surface area contributed by atoms with E-state index in [0.717, 1.165) is 96.5 Å². The molecule has 1 fully saturated rings. The monoisotopic (exact) mass is 644 g/mol. The third-order valence-corrected chi connectivity index (χ3v) is 10.3. The first kappa shape index (κ1) is 30.1. The zero-order valence-corrected chi connectivity index (χ0v) is 27.6.